The van der Waals surface area contributed by atoms with Gasteiger partial charge in [-0.25, -0.2) is 13.1 Å². The molecular weight excluding hydrogens is 326 g/mol. The SMILES string of the molecule is Cc1cnc2c(S(=O)(=O)NCCCN3CCCC3=O)cccc2c1. The lowest BCUT2D eigenvalue weighted by Crippen LogP contribution is -2.30. The van der Waals surface area contributed by atoms with Gasteiger partial charge in [-0.3, -0.25) is 9.78 Å². The van der Waals surface area contributed by atoms with E-state index >= 15 is 0 Å². The molecule has 1 fully saturated rings. The highest BCUT2D eigenvalue weighted by molar-refractivity contribution is 7.89. The third-order valence-corrected chi connectivity index (χ3v) is 5.66. The third kappa shape index (κ3) is 3.57. The lowest BCUT2D eigenvalue weighted by atomic mass is 10.2. The Morgan fingerprint density at radius 2 is 2.17 bits per heavy atom. The Bertz CT molecular complexity index is 865. The van der Waals surface area contributed by atoms with Crippen molar-refractivity contribution >= 4 is 26.8 Å². The van der Waals surface area contributed by atoms with Gasteiger partial charge < -0.3 is 4.90 Å². The fourth-order valence-corrected chi connectivity index (χ4v) is 4.21. The molecule has 1 N–H and O–H groups in total. The highest BCUT2D eigenvalue weighted by Gasteiger charge is 2.20. The number of amides is 1. The molecular formula is C17H21N3O3S. The lowest BCUT2D eigenvalue weighted by molar-refractivity contribution is -0.127. The minimum absolute atomic E-state index is 0.159. The van der Waals surface area contributed by atoms with Gasteiger partial charge in [-0.1, -0.05) is 12.1 Å². The molecule has 2 heterocycles. The van der Waals surface area contributed by atoms with Crippen LogP contribution >= 0.6 is 0 Å². The van der Waals surface area contributed by atoms with E-state index in [0.29, 0.717) is 31.4 Å². The molecule has 24 heavy (non-hydrogen) atoms. The van der Waals surface area contributed by atoms with Crippen LogP contribution in [0.4, 0.5) is 0 Å². The zero-order valence-electron chi connectivity index (χ0n) is 13.7. The largest absolute Gasteiger partial charge is 0.343 e. The molecule has 0 atom stereocenters. The number of hydrogen-bond donors (Lipinski definition) is 1. The molecule has 1 amide bonds. The number of carbonyl (C=O) groups excluding carboxylic acids is 1. The number of nitrogens with one attached hydrogen (secondary N) is 1. The Labute approximate surface area is 141 Å². The van der Waals surface area contributed by atoms with Gasteiger partial charge in [0.2, 0.25) is 15.9 Å². The van der Waals surface area contributed by atoms with Crippen LogP contribution in [0.1, 0.15) is 24.8 Å². The molecule has 0 aliphatic carbocycles. The van der Waals surface area contributed by atoms with Crippen LogP contribution in [-0.4, -0.2) is 43.8 Å². The summed E-state index contributed by atoms with van der Waals surface area (Å²) >= 11 is 0. The molecule has 1 aromatic carbocycles. The highest BCUT2D eigenvalue weighted by Crippen LogP contribution is 2.21. The van der Waals surface area contributed by atoms with E-state index in [4.69, 9.17) is 0 Å². The summed E-state index contributed by atoms with van der Waals surface area (Å²) in [7, 11) is -3.62. The van der Waals surface area contributed by atoms with Crippen molar-refractivity contribution in [2.75, 3.05) is 19.6 Å². The molecule has 0 spiro atoms. The van der Waals surface area contributed by atoms with Crippen molar-refractivity contribution in [2.24, 2.45) is 0 Å². The fourth-order valence-electron chi connectivity index (χ4n) is 2.95. The molecule has 0 bridgehead atoms. The van der Waals surface area contributed by atoms with Crippen LogP contribution in [0, 0.1) is 6.92 Å². The third-order valence-electron chi connectivity index (χ3n) is 4.17. The highest BCUT2D eigenvalue weighted by atomic mass is 32.2. The minimum atomic E-state index is -3.62. The number of likely N-dealkylation sites (tertiary alicyclic amines) is 1. The Balaban J connectivity index is 1.68. The van der Waals surface area contributed by atoms with E-state index in [2.05, 4.69) is 9.71 Å². The Kier molecular flexibility index (Phi) is 4.82. The first-order valence-electron chi connectivity index (χ1n) is 8.10. The second-order valence-corrected chi connectivity index (χ2v) is 7.81. The molecule has 0 saturated carbocycles. The standard InChI is InChI=1S/C17H21N3O3S/c1-13-11-14-5-2-6-15(17(14)18-12-13)24(22,23)19-8-4-10-20-9-3-7-16(20)21/h2,5-6,11-12,19H,3-4,7-10H2,1H3. The lowest BCUT2D eigenvalue weighted by Gasteiger charge is -2.15. The second-order valence-electron chi connectivity index (χ2n) is 6.08. The number of rotatable bonds is 6. The summed E-state index contributed by atoms with van der Waals surface area (Å²) in [4.78, 5) is 17.8. The molecule has 3 rings (SSSR count). The van der Waals surface area contributed by atoms with Crippen LogP contribution in [0.3, 0.4) is 0 Å². The number of hydrogen-bond acceptors (Lipinski definition) is 4. The zero-order chi connectivity index (χ0) is 17.2. The predicted octanol–water partition coefficient (Wildman–Crippen LogP) is 1.83. The molecule has 1 saturated heterocycles. The molecule has 6 nitrogen and oxygen atoms in total. The number of aromatic nitrogens is 1. The van der Waals surface area contributed by atoms with Gasteiger partial charge in [0.15, 0.2) is 0 Å². The van der Waals surface area contributed by atoms with Crippen LogP contribution in [0.5, 0.6) is 0 Å². The quantitative estimate of drug-likeness (QED) is 0.809. The number of sulfonamides is 1. The number of para-hydroxylation sites is 1. The van der Waals surface area contributed by atoms with Crippen molar-refractivity contribution in [3.8, 4) is 0 Å². The van der Waals surface area contributed by atoms with Crippen LogP contribution in [0.25, 0.3) is 10.9 Å². The van der Waals surface area contributed by atoms with Crippen molar-refractivity contribution in [3.63, 3.8) is 0 Å². The van der Waals surface area contributed by atoms with Gasteiger partial charge >= 0.3 is 0 Å². The molecule has 0 radical (unpaired) electrons. The van der Waals surface area contributed by atoms with Gasteiger partial charge in [0.05, 0.1) is 5.52 Å². The summed E-state index contributed by atoms with van der Waals surface area (Å²) in [5.41, 5.74) is 1.46. The summed E-state index contributed by atoms with van der Waals surface area (Å²) in [6.45, 7) is 3.59. The number of benzene rings is 1. The van der Waals surface area contributed by atoms with E-state index in [1.54, 1.807) is 23.2 Å². The van der Waals surface area contributed by atoms with Gasteiger partial charge in [-0.15, -0.1) is 0 Å². The first-order valence-corrected chi connectivity index (χ1v) is 9.58. The maximum Gasteiger partial charge on any atom is 0.242 e. The van der Waals surface area contributed by atoms with E-state index in [-0.39, 0.29) is 10.8 Å². The fraction of sp³-hybridized carbons (Fsp3) is 0.412. The van der Waals surface area contributed by atoms with Crippen molar-refractivity contribution in [3.05, 3.63) is 36.0 Å². The van der Waals surface area contributed by atoms with Gasteiger partial charge in [-0.05, 0) is 37.5 Å². The summed E-state index contributed by atoms with van der Waals surface area (Å²) < 4.78 is 27.7. The molecule has 1 aromatic heterocycles. The van der Waals surface area contributed by atoms with Crippen LogP contribution < -0.4 is 4.72 Å². The topological polar surface area (TPSA) is 79.4 Å². The van der Waals surface area contributed by atoms with Crippen LogP contribution in [0.2, 0.25) is 0 Å². The van der Waals surface area contributed by atoms with E-state index in [9.17, 15) is 13.2 Å². The van der Waals surface area contributed by atoms with Crippen LogP contribution in [0.15, 0.2) is 35.4 Å². The molecule has 2 aromatic rings. The van der Waals surface area contributed by atoms with Crippen molar-refractivity contribution in [2.45, 2.75) is 31.1 Å². The van der Waals surface area contributed by atoms with E-state index in [1.807, 2.05) is 19.1 Å². The molecule has 1 aliphatic rings. The maximum atomic E-state index is 12.6. The Morgan fingerprint density at radius 3 is 2.92 bits per heavy atom. The number of fused-ring (bicyclic) bond motifs is 1. The average Bonchev–Trinajstić information content (AvgIpc) is 2.96. The number of nitrogens with zero attached hydrogens (tertiary/aromatic N) is 2. The van der Waals surface area contributed by atoms with Crippen molar-refractivity contribution < 1.29 is 13.2 Å². The number of pyridine rings is 1. The first-order chi connectivity index (χ1) is 11.5. The molecule has 128 valence electrons. The molecule has 1 aliphatic heterocycles. The van der Waals surface area contributed by atoms with Crippen molar-refractivity contribution in [1.29, 1.82) is 0 Å². The van der Waals surface area contributed by atoms with Gasteiger partial charge in [-0.2, -0.15) is 0 Å². The van der Waals surface area contributed by atoms with Crippen molar-refractivity contribution in [1.82, 2.24) is 14.6 Å². The molecule has 0 unspecified atom stereocenters. The normalized spacial score (nSPS) is 15.4. The Morgan fingerprint density at radius 1 is 1.33 bits per heavy atom. The smallest absolute Gasteiger partial charge is 0.242 e. The Hall–Kier alpha value is -1.99. The zero-order valence-corrected chi connectivity index (χ0v) is 14.5. The van der Waals surface area contributed by atoms with E-state index < -0.39 is 10.0 Å². The van der Waals surface area contributed by atoms with Gasteiger partial charge in [0, 0.05) is 37.6 Å². The minimum Gasteiger partial charge on any atom is -0.343 e. The van der Waals surface area contributed by atoms with E-state index in [1.165, 1.54) is 0 Å². The van der Waals surface area contributed by atoms with Gasteiger partial charge in [0.1, 0.15) is 4.90 Å². The summed E-state index contributed by atoms with van der Waals surface area (Å²) in [5.74, 6) is 0.159. The summed E-state index contributed by atoms with van der Waals surface area (Å²) in [6.07, 6.45) is 3.76. The maximum absolute atomic E-state index is 12.6. The summed E-state index contributed by atoms with van der Waals surface area (Å²) in [5, 5.41) is 0.806. The number of aryl methyl sites for hydroxylation is 1. The monoisotopic (exact) mass is 347 g/mol. The van der Waals surface area contributed by atoms with Gasteiger partial charge in [0.25, 0.3) is 0 Å². The average molecular weight is 347 g/mol. The second kappa shape index (κ2) is 6.86. The summed E-state index contributed by atoms with van der Waals surface area (Å²) in [6, 6.07) is 7.06. The number of carbonyl (C=O) groups is 1. The first kappa shape index (κ1) is 16.9. The van der Waals surface area contributed by atoms with E-state index in [0.717, 1.165) is 23.9 Å². The predicted molar refractivity (Wildman–Crippen MR) is 92.1 cm³/mol. The molecule has 7 heteroatoms. The van der Waals surface area contributed by atoms with Crippen LogP contribution in [-0.2, 0) is 14.8 Å².